The molecule has 0 aromatic carbocycles. The smallest absolute Gasteiger partial charge is 0.132 e. The maximum atomic E-state index is 5.93. The average Bonchev–Trinajstić information content (AvgIpc) is 2.84. The molecule has 2 rings (SSSR count). The van der Waals surface area contributed by atoms with Crippen molar-refractivity contribution in [1.82, 2.24) is 4.98 Å². The topological polar surface area (TPSA) is 38.9 Å². The molecule has 3 heteroatoms. The van der Waals surface area contributed by atoms with Gasteiger partial charge in [0.05, 0.1) is 0 Å². The summed E-state index contributed by atoms with van der Waals surface area (Å²) in [7, 11) is 0. The summed E-state index contributed by atoms with van der Waals surface area (Å²) < 4.78 is 0. The highest BCUT2D eigenvalue weighted by molar-refractivity contribution is 6.30. The molecule has 2 N–H and O–H groups in total. The van der Waals surface area contributed by atoms with Gasteiger partial charge < -0.3 is 5.73 Å². The molecule has 1 fully saturated rings. The Kier molecular flexibility index (Phi) is 2.03. The van der Waals surface area contributed by atoms with Gasteiger partial charge in [-0.3, -0.25) is 0 Å². The van der Waals surface area contributed by atoms with E-state index in [2.05, 4.69) is 4.98 Å². The maximum absolute atomic E-state index is 5.93. The van der Waals surface area contributed by atoms with Crippen LogP contribution >= 0.6 is 11.6 Å². The van der Waals surface area contributed by atoms with Gasteiger partial charge in [0.15, 0.2) is 0 Å². The second-order valence-electron chi connectivity index (χ2n) is 3.22. The molecular formula is C9H11ClN2. The number of hydrogen-bond acceptors (Lipinski definition) is 2. The molecule has 2 unspecified atom stereocenters. The highest BCUT2D eigenvalue weighted by Crippen LogP contribution is 2.48. The Morgan fingerprint density at radius 2 is 2.50 bits per heavy atom. The zero-order chi connectivity index (χ0) is 8.55. The van der Waals surface area contributed by atoms with Crippen LogP contribution in [0.4, 0.5) is 0 Å². The lowest BCUT2D eigenvalue weighted by molar-refractivity contribution is 0.808. The third-order valence-electron chi connectivity index (χ3n) is 2.41. The first-order valence-corrected chi connectivity index (χ1v) is 4.51. The van der Waals surface area contributed by atoms with Gasteiger partial charge in [-0.1, -0.05) is 17.7 Å². The summed E-state index contributed by atoms with van der Waals surface area (Å²) >= 11 is 5.93. The Labute approximate surface area is 76.7 Å². The van der Waals surface area contributed by atoms with Crippen molar-refractivity contribution in [2.45, 2.75) is 12.3 Å². The molecule has 1 aromatic heterocycles. The van der Waals surface area contributed by atoms with Crippen molar-refractivity contribution in [3.63, 3.8) is 0 Å². The van der Waals surface area contributed by atoms with E-state index in [1.54, 1.807) is 6.20 Å². The number of hydrogen-bond donors (Lipinski definition) is 1. The third-order valence-corrected chi connectivity index (χ3v) is 2.73. The lowest BCUT2D eigenvalue weighted by Gasteiger charge is -1.99. The first-order chi connectivity index (χ1) is 5.83. The van der Waals surface area contributed by atoms with Gasteiger partial charge in [-0.05, 0) is 36.4 Å². The summed E-state index contributed by atoms with van der Waals surface area (Å²) in [5, 5.41) is 0.637. The summed E-state index contributed by atoms with van der Waals surface area (Å²) in [5.41, 5.74) is 6.71. The minimum atomic E-state index is 0.566. The quantitative estimate of drug-likeness (QED) is 0.709. The molecule has 1 saturated carbocycles. The number of nitrogens with two attached hydrogens (primary N) is 1. The molecule has 1 heterocycles. The highest BCUT2D eigenvalue weighted by Gasteiger charge is 2.38. The molecular weight excluding hydrogens is 172 g/mol. The fourth-order valence-corrected chi connectivity index (χ4v) is 1.82. The molecule has 0 bridgehead atoms. The van der Waals surface area contributed by atoms with Crippen LogP contribution in [0.2, 0.25) is 5.15 Å². The van der Waals surface area contributed by atoms with Gasteiger partial charge in [0.1, 0.15) is 5.15 Å². The van der Waals surface area contributed by atoms with Crippen LogP contribution < -0.4 is 5.73 Å². The van der Waals surface area contributed by atoms with Gasteiger partial charge in [-0.15, -0.1) is 0 Å². The van der Waals surface area contributed by atoms with Crippen LogP contribution in [0, 0.1) is 5.92 Å². The highest BCUT2D eigenvalue weighted by atomic mass is 35.5. The van der Waals surface area contributed by atoms with Crippen LogP contribution in [0.1, 0.15) is 17.9 Å². The van der Waals surface area contributed by atoms with Crippen LogP contribution in [0.15, 0.2) is 18.3 Å². The maximum Gasteiger partial charge on any atom is 0.132 e. The van der Waals surface area contributed by atoms with Crippen molar-refractivity contribution in [3.05, 3.63) is 29.0 Å². The molecule has 0 spiro atoms. The monoisotopic (exact) mass is 182 g/mol. The number of halogens is 1. The van der Waals surface area contributed by atoms with Gasteiger partial charge >= 0.3 is 0 Å². The molecule has 12 heavy (non-hydrogen) atoms. The predicted molar refractivity (Wildman–Crippen MR) is 49.1 cm³/mol. The predicted octanol–water partition coefficient (Wildman–Crippen LogP) is 1.80. The largest absolute Gasteiger partial charge is 0.330 e. The summed E-state index contributed by atoms with van der Waals surface area (Å²) in [6.45, 7) is 0.760. The molecule has 64 valence electrons. The van der Waals surface area contributed by atoms with E-state index in [1.165, 1.54) is 6.42 Å². The van der Waals surface area contributed by atoms with Crippen LogP contribution in [0.25, 0.3) is 0 Å². The van der Waals surface area contributed by atoms with Gasteiger partial charge in [0.2, 0.25) is 0 Å². The summed E-state index contributed by atoms with van der Waals surface area (Å²) in [4.78, 5) is 4.03. The van der Waals surface area contributed by atoms with E-state index in [1.807, 2.05) is 12.1 Å². The lowest BCUT2D eigenvalue weighted by Crippen LogP contribution is -2.02. The summed E-state index contributed by atoms with van der Waals surface area (Å²) in [5.74, 6) is 1.20. The standard InChI is InChI=1S/C9H11ClN2/c10-9-7(2-1-3-12-9)8-4-6(8)5-11/h1-3,6,8H,4-5,11H2. The molecule has 0 radical (unpaired) electrons. The van der Waals surface area contributed by atoms with E-state index >= 15 is 0 Å². The minimum absolute atomic E-state index is 0.566. The molecule has 2 atom stereocenters. The van der Waals surface area contributed by atoms with Gasteiger partial charge in [0, 0.05) is 6.20 Å². The number of aromatic nitrogens is 1. The number of nitrogens with zero attached hydrogens (tertiary/aromatic N) is 1. The van der Waals surface area contributed by atoms with Crippen LogP contribution in [-0.4, -0.2) is 11.5 Å². The minimum Gasteiger partial charge on any atom is -0.330 e. The second-order valence-corrected chi connectivity index (χ2v) is 3.58. The van der Waals surface area contributed by atoms with E-state index in [0.29, 0.717) is 17.0 Å². The summed E-state index contributed by atoms with van der Waals surface area (Å²) in [6, 6.07) is 3.96. The lowest BCUT2D eigenvalue weighted by atomic mass is 10.1. The van der Waals surface area contributed by atoms with Crippen LogP contribution in [0.3, 0.4) is 0 Å². The van der Waals surface area contributed by atoms with E-state index < -0.39 is 0 Å². The van der Waals surface area contributed by atoms with Crippen molar-refractivity contribution >= 4 is 11.6 Å². The molecule has 0 amide bonds. The SMILES string of the molecule is NCC1CC1c1cccnc1Cl. The van der Waals surface area contributed by atoms with Gasteiger partial charge in [0.25, 0.3) is 0 Å². The van der Waals surface area contributed by atoms with Crippen molar-refractivity contribution in [3.8, 4) is 0 Å². The van der Waals surface area contributed by atoms with Gasteiger partial charge in [-0.2, -0.15) is 0 Å². The first-order valence-electron chi connectivity index (χ1n) is 4.13. The second kappa shape index (κ2) is 3.04. The van der Waals surface area contributed by atoms with Crippen molar-refractivity contribution in [1.29, 1.82) is 0 Å². The molecule has 1 aliphatic rings. The molecule has 2 nitrogen and oxygen atoms in total. The van der Waals surface area contributed by atoms with Crippen LogP contribution in [-0.2, 0) is 0 Å². The Hall–Kier alpha value is -0.600. The molecule has 0 aliphatic heterocycles. The molecule has 0 saturated heterocycles. The number of rotatable bonds is 2. The Morgan fingerprint density at radius 3 is 3.08 bits per heavy atom. The number of pyridine rings is 1. The molecule has 1 aromatic rings. The van der Waals surface area contributed by atoms with Crippen molar-refractivity contribution < 1.29 is 0 Å². The fourth-order valence-electron chi connectivity index (χ4n) is 1.56. The zero-order valence-corrected chi connectivity index (χ0v) is 7.46. The Bertz CT molecular complexity index is 288. The average molecular weight is 183 g/mol. The Morgan fingerprint density at radius 1 is 1.67 bits per heavy atom. The molecule has 1 aliphatic carbocycles. The Balaban J connectivity index is 2.19. The van der Waals surface area contributed by atoms with E-state index in [4.69, 9.17) is 17.3 Å². The van der Waals surface area contributed by atoms with E-state index in [0.717, 1.165) is 12.1 Å². The van der Waals surface area contributed by atoms with Gasteiger partial charge in [-0.25, -0.2) is 4.98 Å². The zero-order valence-electron chi connectivity index (χ0n) is 6.70. The fraction of sp³-hybridized carbons (Fsp3) is 0.444. The first kappa shape index (κ1) is 8.02. The summed E-state index contributed by atoms with van der Waals surface area (Å²) in [6.07, 6.45) is 2.88. The third kappa shape index (κ3) is 1.32. The normalized spacial score (nSPS) is 27.2. The van der Waals surface area contributed by atoms with Crippen molar-refractivity contribution in [2.75, 3.05) is 6.54 Å². The van der Waals surface area contributed by atoms with Crippen LogP contribution in [0.5, 0.6) is 0 Å². The van der Waals surface area contributed by atoms with E-state index in [-0.39, 0.29) is 0 Å². The van der Waals surface area contributed by atoms with E-state index in [9.17, 15) is 0 Å². The van der Waals surface area contributed by atoms with Crippen molar-refractivity contribution in [2.24, 2.45) is 11.7 Å².